The van der Waals surface area contributed by atoms with E-state index in [1.807, 2.05) is 12.1 Å². The first-order chi connectivity index (χ1) is 16.3. The molecule has 0 aromatic heterocycles. The summed E-state index contributed by atoms with van der Waals surface area (Å²) in [5, 5.41) is 31.3. The minimum absolute atomic E-state index is 0.0788. The van der Waals surface area contributed by atoms with Crippen molar-refractivity contribution in [2.45, 2.75) is 69.5 Å². The molecule has 3 rings (SSSR count). The van der Waals surface area contributed by atoms with Gasteiger partial charge in [0.2, 0.25) is 0 Å². The molecule has 34 heavy (non-hydrogen) atoms. The van der Waals surface area contributed by atoms with Crippen LogP contribution < -0.4 is 14.6 Å². The van der Waals surface area contributed by atoms with Gasteiger partial charge in [-0.1, -0.05) is 24.4 Å². The number of aliphatic hydroxyl groups excluding tert-OH is 2. The van der Waals surface area contributed by atoms with Gasteiger partial charge in [-0.05, 0) is 79.1 Å². The molecular weight excluding hydrogens is 463 g/mol. The Morgan fingerprint density at radius 1 is 1.12 bits per heavy atom. The number of halogens is 2. The smallest absolute Gasteiger partial charge is 0.126 e. The van der Waals surface area contributed by atoms with E-state index >= 15 is 0 Å². The molecule has 2 aromatic rings. The summed E-state index contributed by atoms with van der Waals surface area (Å²) < 4.78 is 24.8. The summed E-state index contributed by atoms with van der Waals surface area (Å²) >= 11 is 6.44. The zero-order valence-electron chi connectivity index (χ0n) is 19.1. The molecule has 186 valence electrons. The van der Waals surface area contributed by atoms with E-state index in [1.54, 1.807) is 12.1 Å². The number of hydrogen-bond acceptors (Lipinski definition) is 6. The van der Waals surface area contributed by atoms with Crippen LogP contribution in [0.1, 0.15) is 62.0 Å². The highest BCUT2D eigenvalue weighted by molar-refractivity contribution is 6.30. The first-order valence-corrected chi connectivity index (χ1v) is 12.1. The normalized spacial score (nSPS) is 15.8. The predicted molar refractivity (Wildman–Crippen MR) is 125 cm³/mol. The molecule has 0 heterocycles. The Balaban J connectivity index is 1.67. The summed E-state index contributed by atoms with van der Waals surface area (Å²) in [6.07, 6.45) is 2.75. The fourth-order valence-electron chi connectivity index (χ4n) is 4.40. The van der Waals surface area contributed by atoms with E-state index in [-0.39, 0.29) is 18.8 Å². The van der Waals surface area contributed by atoms with Crippen molar-refractivity contribution < 1.29 is 34.0 Å². The van der Waals surface area contributed by atoms with E-state index in [1.165, 1.54) is 12.1 Å². The van der Waals surface area contributed by atoms with Gasteiger partial charge in [0.25, 0.3) is 0 Å². The van der Waals surface area contributed by atoms with Gasteiger partial charge in [-0.3, -0.25) is 0 Å². The van der Waals surface area contributed by atoms with E-state index in [4.69, 9.17) is 21.1 Å². The maximum Gasteiger partial charge on any atom is 0.126 e. The number of carbonyl (C=O) groups is 1. The molecule has 2 atom stereocenters. The van der Waals surface area contributed by atoms with Crippen LogP contribution >= 0.6 is 11.6 Å². The molecule has 0 bridgehead atoms. The summed E-state index contributed by atoms with van der Waals surface area (Å²) in [6.45, 7) is 0.346. The molecule has 1 aliphatic carbocycles. The maximum absolute atomic E-state index is 13.1. The second-order valence-electron chi connectivity index (χ2n) is 8.80. The molecule has 2 N–H and O–H groups in total. The van der Waals surface area contributed by atoms with E-state index < -0.39 is 24.6 Å². The molecule has 1 unspecified atom stereocenters. The maximum atomic E-state index is 13.1. The Hall–Kier alpha value is -2.35. The lowest BCUT2D eigenvalue weighted by molar-refractivity contribution is -0.307. The minimum Gasteiger partial charge on any atom is -0.550 e. The van der Waals surface area contributed by atoms with Gasteiger partial charge in [0, 0.05) is 23.8 Å². The number of aliphatic hydroxyl groups is 2. The van der Waals surface area contributed by atoms with Gasteiger partial charge >= 0.3 is 0 Å². The van der Waals surface area contributed by atoms with Crippen LogP contribution in [-0.2, 0) is 11.2 Å². The Morgan fingerprint density at radius 2 is 1.82 bits per heavy atom. The third-order valence-corrected chi connectivity index (χ3v) is 6.21. The monoisotopic (exact) mass is 493 g/mol. The lowest BCUT2D eigenvalue weighted by Gasteiger charge is -2.23. The van der Waals surface area contributed by atoms with Gasteiger partial charge in [0.1, 0.15) is 23.9 Å². The highest BCUT2D eigenvalue weighted by atomic mass is 35.5. The van der Waals surface area contributed by atoms with Crippen molar-refractivity contribution in [3.8, 4) is 11.5 Å². The van der Waals surface area contributed by atoms with Crippen LogP contribution in [0.2, 0.25) is 5.02 Å². The molecule has 8 heteroatoms. The molecule has 0 spiro atoms. The Labute approximate surface area is 204 Å². The van der Waals surface area contributed by atoms with Crippen LogP contribution in [0.3, 0.4) is 0 Å². The molecule has 1 saturated carbocycles. The lowest BCUT2D eigenvalue weighted by Crippen LogP contribution is -2.31. The van der Waals surface area contributed by atoms with Gasteiger partial charge in [0.15, 0.2) is 0 Å². The fraction of sp³-hybridized carbons (Fsp3) is 0.500. The van der Waals surface area contributed by atoms with Crippen molar-refractivity contribution in [3.63, 3.8) is 0 Å². The zero-order valence-corrected chi connectivity index (χ0v) is 19.8. The Morgan fingerprint density at radius 3 is 2.50 bits per heavy atom. The molecule has 1 fully saturated rings. The number of ether oxygens (including phenoxy) is 2. The number of aliphatic carboxylic acids is 1. The molecule has 2 aromatic carbocycles. The van der Waals surface area contributed by atoms with Crippen LogP contribution in [0.5, 0.6) is 11.5 Å². The lowest BCUT2D eigenvalue weighted by atomic mass is 9.93. The fourth-order valence-corrected chi connectivity index (χ4v) is 4.65. The Kier molecular flexibility index (Phi) is 9.99. The highest BCUT2D eigenvalue weighted by Gasteiger charge is 2.24. The summed E-state index contributed by atoms with van der Waals surface area (Å²) in [5.41, 5.74) is 1.92. The summed E-state index contributed by atoms with van der Waals surface area (Å²) in [4.78, 5) is 10.6. The number of carboxylic acid groups (broad SMARTS) is 1. The average Bonchev–Trinajstić information content (AvgIpc) is 3.31. The van der Waals surface area contributed by atoms with E-state index in [2.05, 4.69) is 0 Å². The van der Waals surface area contributed by atoms with Gasteiger partial charge in [-0.2, -0.15) is 0 Å². The first-order valence-electron chi connectivity index (χ1n) is 11.7. The van der Waals surface area contributed by atoms with Crippen LogP contribution in [0.15, 0.2) is 36.4 Å². The third kappa shape index (κ3) is 8.15. The molecule has 1 aliphatic rings. The third-order valence-electron chi connectivity index (χ3n) is 5.99. The van der Waals surface area contributed by atoms with Gasteiger partial charge in [-0.25, -0.2) is 4.39 Å². The van der Waals surface area contributed by atoms with Crippen molar-refractivity contribution in [1.82, 2.24) is 0 Å². The van der Waals surface area contributed by atoms with Crippen molar-refractivity contribution in [3.05, 3.63) is 58.4 Å². The second kappa shape index (κ2) is 12.9. The molecule has 0 saturated heterocycles. The van der Waals surface area contributed by atoms with Crippen LogP contribution in [0.25, 0.3) is 0 Å². The number of aryl methyl sites for hydroxylation is 1. The van der Waals surface area contributed by atoms with Crippen LogP contribution in [0.4, 0.5) is 4.39 Å². The van der Waals surface area contributed by atoms with E-state index in [9.17, 15) is 24.5 Å². The molecule has 0 radical (unpaired) electrons. The van der Waals surface area contributed by atoms with Crippen molar-refractivity contribution in [2.24, 2.45) is 0 Å². The topological polar surface area (TPSA) is 99.1 Å². The average molecular weight is 494 g/mol. The summed E-state index contributed by atoms with van der Waals surface area (Å²) in [6, 6.07) is 9.63. The largest absolute Gasteiger partial charge is 0.550 e. The molecule has 6 nitrogen and oxygen atoms in total. The summed E-state index contributed by atoms with van der Waals surface area (Å²) in [7, 11) is 0. The Bertz CT molecular complexity index is 930. The molecular formula is C26H31ClFO6-. The first kappa shape index (κ1) is 26.3. The number of rotatable bonds is 13. The molecule has 0 amide bonds. The van der Waals surface area contributed by atoms with Crippen molar-refractivity contribution >= 4 is 17.6 Å². The quantitative estimate of drug-likeness (QED) is 0.412. The standard InChI is InChI=1S/C26H32ClFO6/c27-19-12-18(6-3-11-33-23-9-7-20(28)8-10-23)26(24(13-19)17-4-1-2-5-17)34-16-22(30)14-21(29)15-25(31)32/h7-10,12-13,17,21-22,29-30H,1-6,11,14-16H2,(H,31,32)/p-1/t21-,22?/m1/s1. The zero-order chi connectivity index (χ0) is 24.5. The minimum atomic E-state index is -1.37. The predicted octanol–water partition coefficient (Wildman–Crippen LogP) is 3.78. The van der Waals surface area contributed by atoms with Gasteiger partial charge in [-0.15, -0.1) is 0 Å². The van der Waals surface area contributed by atoms with Gasteiger partial charge in [0.05, 0.1) is 18.8 Å². The van der Waals surface area contributed by atoms with E-state index in [0.29, 0.717) is 41.9 Å². The molecule has 0 aliphatic heterocycles. The van der Waals surface area contributed by atoms with Crippen molar-refractivity contribution in [2.75, 3.05) is 13.2 Å². The van der Waals surface area contributed by atoms with Crippen LogP contribution in [-0.4, -0.2) is 41.6 Å². The number of hydrogen-bond donors (Lipinski definition) is 2. The SMILES string of the molecule is O=C([O-])C[C@H](O)CC(O)COc1c(CCCOc2ccc(F)cc2)cc(Cl)cc1C1CCCC1. The second-order valence-corrected chi connectivity index (χ2v) is 9.24. The number of carboxylic acids is 1. The van der Waals surface area contributed by atoms with E-state index in [0.717, 1.165) is 36.8 Å². The highest BCUT2D eigenvalue weighted by Crippen LogP contribution is 2.42. The number of benzene rings is 2. The number of carbonyl (C=O) groups excluding carboxylic acids is 1. The summed E-state index contributed by atoms with van der Waals surface area (Å²) in [5.74, 6) is -0.0852. The van der Waals surface area contributed by atoms with Crippen LogP contribution in [0, 0.1) is 5.82 Å². The van der Waals surface area contributed by atoms with Gasteiger partial charge < -0.3 is 29.6 Å². The van der Waals surface area contributed by atoms with Crippen molar-refractivity contribution in [1.29, 1.82) is 0 Å².